The van der Waals surface area contributed by atoms with Gasteiger partial charge in [0.2, 0.25) is 4.80 Å². The van der Waals surface area contributed by atoms with E-state index in [1.165, 1.54) is 11.1 Å². The minimum Gasteiger partial charge on any atom is -0.255 e. The second-order valence-corrected chi connectivity index (χ2v) is 8.20. The summed E-state index contributed by atoms with van der Waals surface area (Å²) in [5, 5.41) is 6.88. The van der Waals surface area contributed by atoms with E-state index in [1.54, 1.807) is 23.7 Å². The Kier molecular flexibility index (Phi) is 5.72. The summed E-state index contributed by atoms with van der Waals surface area (Å²) in [6, 6.07) is 18.5. The monoisotopic (exact) mass is 412 g/mol. The Morgan fingerprint density at radius 2 is 1.67 bits per heavy atom. The fourth-order valence-electron chi connectivity index (χ4n) is 3.23. The number of para-hydroxylation sites is 1. The molecule has 2 aromatic carbocycles. The van der Waals surface area contributed by atoms with Crippen molar-refractivity contribution in [3.8, 4) is 11.3 Å². The molecule has 5 heteroatoms. The van der Waals surface area contributed by atoms with Crippen molar-refractivity contribution in [2.75, 3.05) is 0 Å². The first kappa shape index (κ1) is 20.0. The van der Waals surface area contributed by atoms with E-state index < -0.39 is 0 Å². The molecule has 0 bridgehead atoms. The zero-order valence-corrected chi connectivity index (χ0v) is 18.4. The summed E-state index contributed by atoms with van der Waals surface area (Å²) in [6.07, 6.45) is 3.55. The fourth-order valence-corrected chi connectivity index (χ4v) is 4.08. The Bertz CT molecular complexity index is 1260. The summed E-state index contributed by atoms with van der Waals surface area (Å²) in [7, 11) is 0. The Labute approximate surface area is 180 Å². The zero-order chi connectivity index (χ0) is 21.1. The smallest absolute Gasteiger partial charge is 0.211 e. The van der Waals surface area contributed by atoms with E-state index in [4.69, 9.17) is 10.1 Å². The van der Waals surface area contributed by atoms with Gasteiger partial charge in [-0.3, -0.25) is 4.98 Å². The number of hydrogen-bond acceptors (Lipinski definition) is 4. The molecule has 0 aliphatic heterocycles. The Hall–Kier alpha value is -3.31. The van der Waals surface area contributed by atoms with Crippen molar-refractivity contribution in [1.29, 1.82) is 0 Å². The third-order valence-electron chi connectivity index (χ3n) is 5.13. The first-order valence-electron chi connectivity index (χ1n) is 9.87. The van der Waals surface area contributed by atoms with E-state index in [0.717, 1.165) is 38.6 Å². The predicted molar refractivity (Wildman–Crippen MR) is 126 cm³/mol. The number of nitrogens with zero attached hydrogens (tertiary/aromatic N) is 4. The highest BCUT2D eigenvalue weighted by atomic mass is 32.1. The van der Waals surface area contributed by atoms with Gasteiger partial charge in [0.05, 0.1) is 23.3 Å². The third kappa shape index (κ3) is 4.16. The Morgan fingerprint density at radius 3 is 2.37 bits per heavy atom. The van der Waals surface area contributed by atoms with Crippen molar-refractivity contribution in [1.82, 2.24) is 9.66 Å². The molecule has 0 unspecified atom stereocenters. The molecule has 0 aliphatic rings. The van der Waals surface area contributed by atoms with Crippen molar-refractivity contribution in [2.24, 2.45) is 10.1 Å². The molecular weight excluding hydrogens is 388 g/mol. The maximum Gasteiger partial charge on any atom is 0.211 e. The molecule has 0 atom stereocenters. The molecule has 30 heavy (non-hydrogen) atoms. The van der Waals surface area contributed by atoms with E-state index in [9.17, 15) is 0 Å². The highest BCUT2D eigenvalue weighted by molar-refractivity contribution is 7.07. The molecule has 150 valence electrons. The minimum absolute atomic E-state index is 0.806. The van der Waals surface area contributed by atoms with E-state index in [-0.39, 0.29) is 0 Å². The van der Waals surface area contributed by atoms with E-state index in [0.29, 0.717) is 0 Å². The molecule has 0 amide bonds. The van der Waals surface area contributed by atoms with Gasteiger partial charge in [-0.05, 0) is 68.1 Å². The SMILES string of the molecule is Cc1ccc(-c2csc(=Nc3c(C)cccc3C)n2N=Cc2ccccn2)cc1C. The zero-order valence-electron chi connectivity index (χ0n) is 17.6. The van der Waals surface area contributed by atoms with Crippen LogP contribution in [0.5, 0.6) is 0 Å². The molecule has 0 fully saturated rings. The topological polar surface area (TPSA) is 42.5 Å². The lowest BCUT2D eigenvalue weighted by atomic mass is 10.1. The summed E-state index contributed by atoms with van der Waals surface area (Å²) in [5.41, 5.74) is 8.77. The molecule has 0 spiro atoms. The van der Waals surface area contributed by atoms with Gasteiger partial charge in [-0.2, -0.15) is 5.10 Å². The van der Waals surface area contributed by atoms with Crippen LogP contribution in [0.15, 0.2) is 76.3 Å². The lowest BCUT2D eigenvalue weighted by Crippen LogP contribution is -2.12. The number of thiazole rings is 1. The third-order valence-corrected chi connectivity index (χ3v) is 5.94. The molecular formula is C25H24N4S. The van der Waals surface area contributed by atoms with Crippen LogP contribution < -0.4 is 4.80 Å². The van der Waals surface area contributed by atoms with Crippen molar-refractivity contribution in [3.63, 3.8) is 0 Å². The highest BCUT2D eigenvalue weighted by Crippen LogP contribution is 2.25. The maximum absolute atomic E-state index is 4.99. The van der Waals surface area contributed by atoms with Crippen molar-refractivity contribution >= 4 is 23.2 Å². The lowest BCUT2D eigenvalue weighted by molar-refractivity contribution is 0.852. The van der Waals surface area contributed by atoms with Gasteiger partial charge in [0.15, 0.2) is 0 Å². The largest absolute Gasteiger partial charge is 0.255 e. The van der Waals surface area contributed by atoms with Crippen molar-refractivity contribution in [2.45, 2.75) is 27.7 Å². The highest BCUT2D eigenvalue weighted by Gasteiger charge is 2.10. The number of aryl methyl sites for hydroxylation is 4. The van der Waals surface area contributed by atoms with Crippen LogP contribution in [0.3, 0.4) is 0 Å². The fraction of sp³-hybridized carbons (Fsp3) is 0.160. The van der Waals surface area contributed by atoms with E-state index in [2.05, 4.69) is 74.5 Å². The molecule has 4 nitrogen and oxygen atoms in total. The van der Waals surface area contributed by atoms with Crippen LogP contribution in [0, 0.1) is 27.7 Å². The summed E-state index contributed by atoms with van der Waals surface area (Å²) in [6.45, 7) is 8.44. The molecule has 0 N–H and O–H groups in total. The molecule has 0 aliphatic carbocycles. The second-order valence-electron chi connectivity index (χ2n) is 7.37. The number of hydrogen-bond donors (Lipinski definition) is 0. The summed E-state index contributed by atoms with van der Waals surface area (Å²) >= 11 is 1.59. The van der Waals surface area contributed by atoms with Gasteiger partial charge in [0, 0.05) is 17.1 Å². The van der Waals surface area contributed by atoms with Gasteiger partial charge in [-0.1, -0.05) is 36.4 Å². The molecule has 2 aromatic heterocycles. The molecule has 2 heterocycles. The van der Waals surface area contributed by atoms with Gasteiger partial charge in [-0.25, -0.2) is 9.67 Å². The van der Waals surface area contributed by atoms with Gasteiger partial charge < -0.3 is 0 Å². The van der Waals surface area contributed by atoms with Crippen LogP contribution in [-0.2, 0) is 0 Å². The Balaban J connectivity index is 1.90. The number of pyridine rings is 1. The number of benzene rings is 2. The van der Waals surface area contributed by atoms with Gasteiger partial charge in [0.1, 0.15) is 0 Å². The lowest BCUT2D eigenvalue weighted by Gasteiger charge is -2.07. The first-order chi connectivity index (χ1) is 14.5. The van der Waals surface area contributed by atoms with Gasteiger partial charge >= 0.3 is 0 Å². The maximum atomic E-state index is 4.99. The molecule has 0 saturated heterocycles. The van der Waals surface area contributed by atoms with Crippen LogP contribution in [0.1, 0.15) is 27.9 Å². The molecule has 0 radical (unpaired) electrons. The van der Waals surface area contributed by atoms with Gasteiger partial charge in [0.25, 0.3) is 0 Å². The van der Waals surface area contributed by atoms with Crippen LogP contribution in [-0.4, -0.2) is 15.9 Å². The van der Waals surface area contributed by atoms with Crippen LogP contribution in [0.2, 0.25) is 0 Å². The summed E-state index contributed by atoms with van der Waals surface area (Å²) in [4.78, 5) is 10.2. The average Bonchev–Trinajstić information content (AvgIpc) is 3.14. The predicted octanol–water partition coefficient (Wildman–Crippen LogP) is 5.96. The molecule has 4 rings (SSSR count). The second kappa shape index (κ2) is 8.59. The molecule has 0 saturated carbocycles. The van der Waals surface area contributed by atoms with E-state index >= 15 is 0 Å². The molecule has 4 aromatic rings. The van der Waals surface area contributed by atoms with E-state index in [1.807, 2.05) is 22.9 Å². The first-order valence-corrected chi connectivity index (χ1v) is 10.8. The van der Waals surface area contributed by atoms with Crippen LogP contribution >= 0.6 is 11.3 Å². The quantitative estimate of drug-likeness (QED) is 0.381. The van der Waals surface area contributed by atoms with Crippen LogP contribution in [0.4, 0.5) is 5.69 Å². The van der Waals surface area contributed by atoms with Crippen LogP contribution in [0.25, 0.3) is 11.3 Å². The Morgan fingerprint density at radius 1 is 0.867 bits per heavy atom. The summed E-state index contributed by atoms with van der Waals surface area (Å²) < 4.78 is 1.91. The minimum atomic E-state index is 0.806. The van der Waals surface area contributed by atoms with Crippen molar-refractivity contribution in [3.05, 3.63) is 98.9 Å². The van der Waals surface area contributed by atoms with Gasteiger partial charge in [-0.15, -0.1) is 11.3 Å². The van der Waals surface area contributed by atoms with Crippen molar-refractivity contribution < 1.29 is 0 Å². The normalized spacial score (nSPS) is 12.1. The standard InChI is InChI=1S/C25H24N4S/c1-17-11-12-21(14-20(17)4)23-16-30-25(28-24-18(2)8-7-9-19(24)3)29(23)27-15-22-10-5-6-13-26-22/h5-16H,1-4H3. The number of aromatic nitrogens is 2. The summed E-state index contributed by atoms with van der Waals surface area (Å²) in [5.74, 6) is 0. The number of rotatable bonds is 4. The average molecular weight is 413 g/mol.